The third-order valence-corrected chi connectivity index (χ3v) is 5.62. The first kappa shape index (κ1) is 24.4. The molecule has 2 aromatic carbocycles. The topological polar surface area (TPSA) is 92.8 Å². The summed E-state index contributed by atoms with van der Waals surface area (Å²) in [4.78, 5) is 25.4. The quantitative estimate of drug-likeness (QED) is 0.587. The monoisotopic (exact) mass is 446 g/mol. The molecule has 0 fully saturated rings. The van der Waals surface area contributed by atoms with E-state index in [0.717, 1.165) is 5.56 Å². The maximum Gasteiger partial charge on any atom is 0.339 e. The van der Waals surface area contributed by atoms with Gasteiger partial charge in [0.15, 0.2) is 0 Å². The molecule has 2 aromatic rings. The maximum absolute atomic E-state index is 12.5. The molecule has 2 amide bonds. The van der Waals surface area contributed by atoms with Crippen molar-refractivity contribution in [2.45, 2.75) is 46.1 Å². The average molecular weight is 447 g/mol. The Kier molecular flexibility index (Phi) is 8.21. The molecule has 0 saturated heterocycles. The summed E-state index contributed by atoms with van der Waals surface area (Å²) in [5, 5.41) is 2.58. The Morgan fingerprint density at radius 1 is 0.968 bits per heavy atom. The highest BCUT2D eigenvalue weighted by atomic mass is 32.2. The Hall–Kier alpha value is -2.87. The van der Waals surface area contributed by atoms with Crippen LogP contribution in [0.5, 0.6) is 5.75 Å². The highest BCUT2D eigenvalue weighted by Crippen LogP contribution is 2.22. The van der Waals surface area contributed by atoms with E-state index in [0.29, 0.717) is 24.7 Å². The number of nitrogens with one attached hydrogen (secondary N) is 1. The van der Waals surface area contributed by atoms with Gasteiger partial charge < -0.3 is 14.4 Å². The minimum absolute atomic E-state index is 0.0173. The van der Waals surface area contributed by atoms with Crippen LogP contribution in [0.2, 0.25) is 0 Å². The normalized spacial score (nSPS) is 11.5. The molecule has 0 aliphatic carbocycles. The fourth-order valence-corrected chi connectivity index (χ4v) is 3.92. The van der Waals surface area contributed by atoms with E-state index in [9.17, 15) is 18.0 Å². The van der Waals surface area contributed by atoms with Crippen LogP contribution in [0.25, 0.3) is 0 Å². The maximum atomic E-state index is 12.5. The van der Waals surface area contributed by atoms with E-state index >= 15 is 0 Å². The predicted molar refractivity (Wildman–Crippen MR) is 120 cm³/mol. The molecular weight excluding hydrogens is 416 g/mol. The van der Waals surface area contributed by atoms with Crippen molar-refractivity contribution in [3.05, 3.63) is 54.1 Å². The Morgan fingerprint density at radius 2 is 1.55 bits per heavy atom. The molecule has 0 spiro atoms. The van der Waals surface area contributed by atoms with Crippen molar-refractivity contribution in [3.63, 3.8) is 0 Å². The zero-order valence-corrected chi connectivity index (χ0v) is 19.4. The minimum atomic E-state index is -4.01. The van der Waals surface area contributed by atoms with Crippen LogP contribution in [-0.2, 0) is 26.3 Å². The van der Waals surface area contributed by atoms with Crippen molar-refractivity contribution in [1.82, 2.24) is 4.90 Å². The van der Waals surface area contributed by atoms with Gasteiger partial charge in [-0.3, -0.25) is 9.59 Å². The molecule has 0 radical (unpaired) electrons. The molecule has 8 heteroatoms. The van der Waals surface area contributed by atoms with Gasteiger partial charge in [0.05, 0.1) is 0 Å². The van der Waals surface area contributed by atoms with Gasteiger partial charge in [0.25, 0.3) is 0 Å². The van der Waals surface area contributed by atoms with Crippen molar-refractivity contribution in [2.24, 2.45) is 11.8 Å². The molecule has 0 aromatic heterocycles. The van der Waals surface area contributed by atoms with Crippen LogP contribution >= 0.6 is 0 Å². The molecule has 31 heavy (non-hydrogen) atoms. The number of nitrogens with zero attached hydrogens (tertiary/aromatic N) is 1. The minimum Gasteiger partial charge on any atom is -0.379 e. The summed E-state index contributed by atoms with van der Waals surface area (Å²) in [5.74, 6) is 0.268. The van der Waals surface area contributed by atoms with Gasteiger partial charge in [-0.15, -0.1) is 0 Å². The molecule has 0 atom stereocenters. The second-order valence-corrected chi connectivity index (χ2v) is 9.70. The lowest BCUT2D eigenvalue weighted by Crippen LogP contribution is -2.36. The fraction of sp³-hybridized carbons (Fsp3) is 0.391. The number of carbonyl (C=O) groups excluding carboxylic acids is 2. The Morgan fingerprint density at radius 3 is 2.03 bits per heavy atom. The summed E-state index contributed by atoms with van der Waals surface area (Å²) in [5.41, 5.74) is 1.39. The second kappa shape index (κ2) is 10.4. The van der Waals surface area contributed by atoms with Crippen LogP contribution in [0.3, 0.4) is 0 Å². The van der Waals surface area contributed by atoms with Crippen molar-refractivity contribution in [3.8, 4) is 5.75 Å². The fourth-order valence-electron chi connectivity index (χ4n) is 2.99. The number of amides is 2. The smallest absolute Gasteiger partial charge is 0.339 e. The van der Waals surface area contributed by atoms with E-state index in [2.05, 4.69) is 19.2 Å². The van der Waals surface area contributed by atoms with E-state index < -0.39 is 10.1 Å². The van der Waals surface area contributed by atoms with Gasteiger partial charge in [-0.1, -0.05) is 39.8 Å². The molecule has 0 aliphatic heterocycles. The lowest BCUT2D eigenvalue weighted by atomic mass is 10.1. The molecule has 2 rings (SSSR count). The summed E-state index contributed by atoms with van der Waals surface area (Å²) in [6, 6.07) is 12.4. The van der Waals surface area contributed by atoms with Crippen LogP contribution in [-0.4, -0.2) is 31.7 Å². The standard InChI is InChI=1S/C23H30N2O5S/c1-16(2)14-25(23(27)17(3)4)15-19-6-10-21(11-7-19)30-31(28,29)22-12-8-20(9-13-22)24-18(5)26/h6-13,16-17H,14-15H2,1-5H3,(H,24,26). The van der Waals surface area contributed by atoms with E-state index in [4.69, 9.17) is 4.18 Å². The average Bonchev–Trinajstić information content (AvgIpc) is 2.67. The second-order valence-electron chi connectivity index (χ2n) is 8.15. The molecule has 7 nitrogen and oxygen atoms in total. The van der Waals surface area contributed by atoms with Gasteiger partial charge in [0.2, 0.25) is 11.8 Å². The molecule has 168 valence electrons. The SMILES string of the molecule is CC(=O)Nc1ccc(S(=O)(=O)Oc2ccc(CN(CC(C)C)C(=O)C(C)C)cc2)cc1. The van der Waals surface area contributed by atoms with E-state index in [-0.39, 0.29) is 28.4 Å². The largest absolute Gasteiger partial charge is 0.379 e. The van der Waals surface area contributed by atoms with E-state index in [1.54, 1.807) is 24.3 Å². The number of carbonyl (C=O) groups is 2. The number of rotatable bonds is 9. The highest BCUT2D eigenvalue weighted by Gasteiger charge is 2.19. The number of anilines is 1. The lowest BCUT2D eigenvalue weighted by Gasteiger charge is -2.26. The first-order chi connectivity index (χ1) is 14.5. The zero-order valence-electron chi connectivity index (χ0n) is 18.6. The van der Waals surface area contributed by atoms with E-state index in [1.165, 1.54) is 31.2 Å². The predicted octanol–water partition coefficient (Wildman–Crippen LogP) is 4.05. The highest BCUT2D eigenvalue weighted by molar-refractivity contribution is 7.87. The van der Waals surface area contributed by atoms with Gasteiger partial charge in [-0.25, -0.2) is 0 Å². The van der Waals surface area contributed by atoms with Gasteiger partial charge in [-0.05, 0) is 47.9 Å². The lowest BCUT2D eigenvalue weighted by molar-refractivity contribution is -0.135. The Bertz CT molecular complexity index is 997. The summed E-state index contributed by atoms with van der Waals surface area (Å²) >= 11 is 0. The molecule has 0 unspecified atom stereocenters. The van der Waals surface area contributed by atoms with Crippen molar-refractivity contribution in [1.29, 1.82) is 0 Å². The Labute approximate surface area is 184 Å². The van der Waals surface area contributed by atoms with Crippen LogP contribution < -0.4 is 9.50 Å². The number of hydrogen-bond donors (Lipinski definition) is 1. The summed E-state index contributed by atoms with van der Waals surface area (Å²) < 4.78 is 30.3. The summed E-state index contributed by atoms with van der Waals surface area (Å²) in [7, 11) is -4.01. The molecule has 0 heterocycles. The van der Waals surface area contributed by atoms with Gasteiger partial charge in [0, 0.05) is 31.6 Å². The molecule has 0 saturated carbocycles. The van der Waals surface area contributed by atoms with E-state index in [1.807, 2.05) is 18.7 Å². The van der Waals surface area contributed by atoms with Crippen LogP contribution in [0.15, 0.2) is 53.4 Å². The van der Waals surface area contributed by atoms with Crippen molar-refractivity contribution >= 4 is 27.6 Å². The van der Waals surface area contributed by atoms with Crippen LogP contribution in [0.1, 0.15) is 40.2 Å². The first-order valence-corrected chi connectivity index (χ1v) is 11.6. The summed E-state index contributed by atoms with van der Waals surface area (Å²) in [6.45, 7) is 10.3. The molecule has 0 aliphatic rings. The first-order valence-electron chi connectivity index (χ1n) is 10.2. The third kappa shape index (κ3) is 7.40. The molecule has 1 N–H and O–H groups in total. The molecule has 0 bridgehead atoms. The van der Waals surface area contributed by atoms with Crippen molar-refractivity contribution in [2.75, 3.05) is 11.9 Å². The van der Waals surface area contributed by atoms with Crippen LogP contribution in [0.4, 0.5) is 5.69 Å². The number of benzene rings is 2. The van der Waals surface area contributed by atoms with Crippen LogP contribution in [0, 0.1) is 11.8 Å². The number of hydrogen-bond acceptors (Lipinski definition) is 5. The zero-order chi connectivity index (χ0) is 23.2. The van der Waals surface area contributed by atoms with Gasteiger partial charge >= 0.3 is 10.1 Å². The van der Waals surface area contributed by atoms with Crippen molar-refractivity contribution < 1.29 is 22.2 Å². The summed E-state index contributed by atoms with van der Waals surface area (Å²) in [6.07, 6.45) is 0. The Balaban J connectivity index is 2.10. The van der Waals surface area contributed by atoms with Gasteiger partial charge in [0.1, 0.15) is 10.6 Å². The molecular formula is C23H30N2O5S. The van der Waals surface area contributed by atoms with Gasteiger partial charge in [-0.2, -0.15) is 8.42 Å². The third-order valence-electron chi connectivity index (χ3n) is 4.36.